The number of aliphatic imine (C=N–C) groups is 2. The van der Waals surface area contributed by atoms with Crippen LogP contribution < -0.4 is 0 Å². The average Bonchev–Trinajstić information content (AvgIpc) is 2.29. The number of hydrogen-bond acceptors (Lipinski definition) is 2. The minimum atomic E-state index is 0.0326. The summed E-state index contributed by atoms with van der Waals surface area (Å²) in [5.74, 6) is 0. The van der Waals surface area contributed by atoms with Crippen molar-refractivity contribution in [1.82, 2.24) is 0 Å². The van der Waals surface area contributed by atoms with E-state index in [1.807, 2.05) is 26.3 Å². The molecule has 0 aromatic heterocycles. The second-order valence-corrected chi connectivity index (χ2v) is 6.35. The first-order valence-corrected chi connectivity index (χ1v) is 6.37. The highest BCUT2D eigenvalue weighted by atomic mass is 14.9. The summed E-state index contributed by atoms with van der Waals surface area (Å²) in [6.07, 6.45) is 3.75. The Labute approximate surface area is 106 Å². The van der Waals surface area contributed by atoms with Crippen molar-refractivity contribution < 1.29 is 0 Å². The van der Waals surface area contributed by atoms with E-state index < -0.39 is 0 Å². The van der Waals surface area contributed by atoms with Gasteiger partial charge in [0.15, 0.2) is 0 Å². The van der Waals surface area contributed by atoms with Gasteiger partial charge in [0.05, 0.1) is 11.4 Å². The van der Waals surface area contributed by atoms with E-state index in [0.29, 0.717) is 0 Å². The summed E-state index contributed by atoms with van der Waals surface area (Å²) in [7, 11) is 0. The predicted molar refractivity (Wildman–Crippen MR) is 76.7 cm³/mol. The monoisotopic (exact) mass is 234 g/mol. The lowest BCUT2D eigenvalue weighted by Gasteiger charge is -2.44. The van der Waals surface area contributed by atoms with Crippen LogP contribution in [-0.4, -0.2) is 12.4 Å². The fourth-order valence-corrected chi connectivity index (χ4v) is 2.67. The molecule has 0 radical (unpaired) electrons. The van der Waals surface area contributed by atoms with Gasteiger partial charge in [-0.2, -0.15) is 0 Å². The molecule has 17 heavy (non-hydrogen) atoms. The van der Waals surface area contributed by atoms with E-state index >= 15 is 0 Å². The second-order valence-electron chi connectivity index (χ2n) is 6.35. The van der Waals surface area contributed by atoms with Gasteiger partial charge >= 0.3 is 0 Å². The quantitative estimate of drug-likeness (QED) is 0.630. The van der Waals surface area contributed by atoms with Crippen LogP contribution in [0.15, 0.2) is 21.4 Å². The molecule has 0 unspecified atom stereocenters. The van der Waals surface area contributed by atoms with Crippen LogP contribution in [0.4, 0.5) is 0 Å². The largest absolute Gasteiger partial charge is 0.263 e. The van der Waals surface area contributed by atoms with Gasteiger partial charge in [-0.05, 0) is 19.3 Å². The number of hydrogen-bond donors (Lipinski definition) is 0. The van der Waals surface area contributed by atoms with E-state index in [4.69, 9.17) is 0 Å². The maximum atomic E-state index is 4.61. The van der Waals surface area contributed by atoms with Crippen LogP contribution in [0.1, 0.15) is 55.4 Å². The lowest BCUT2D eigenvalue weighted by molar-refractivity contribution is 0.0609. The lowest BCUT2D eigenvalue weighted by Crippen LogP contribution is -2.39. The van der Waals surface area contributed by atoms with Crippen molar-refractivity contribution in [3.63, 3.8) is 0 Å². The van der Waals surface area contributed by atoms with Crippen LogP contribution in [0.25, 0.3) is 0 Å². The van der Waals surface area contributed by atoms with Crippen LogP contribution in [0.5, 0.6) is 0 Å². The summed E-state index contributed by atoms with van der Waals surface area (Å²) < 4.78 is 0. The summed E-state index contributed by atoms with van der Waals surface area (Å²) >= 11 is 0. The van der Waals surface area contributed by atoms with Crippen molar-refractivity contribution in [2.24, 2.45) is 26.2 Å². The molecule has 0 aromatic rings. The molecule has 0 N–H and O–H groups in total. The first-order chi connectivity index (χ1) is 7.64. The van der Waals surface area contributed by atoms with Crippen molar-refractivity contribution in [3.8, 4) is 0 Å². The van der Waals surface area contributed by atoms with Crippen LogP contribution in [0.2, 0.25) is 0 Å². The Bertz CT molecular complexity index is 357. The average molecular weight is 234 g/mol. The summed E-state index contributed by atoms with van der Waals surface area (Å²) in [4.78, 5) is 9.22. The van der Waals surface area contributed by atoms with Crippen molar-refractivity contribution in [2.75, 3.05) is 0 Å². The maximum absolute atomic E-state index is 4.61. The molecule has 0 saturated carbocycles. The molecule has 96 valence electrons. The second kappa shape index (κ2) is 4.08. The van der Waals surface area contributed by atoms with Crippen molar-refractivity contribution in [3.05, 3.63) is 11.4 Å². The van der Waals surface area contributed by atoms with Gasteiger partial charge in [-0.15, -0.1) is 0 Å². The Balaban J connectivity index is 3.58. The zero-order valence-electron chi connectivity index (χ0n) is 12.5. The highest BCUT2D eigenvalue weighted by Gasteiger charge is 2.58. The van der Waals surface area contributed by atoms with Crippen LogP contribution in [-0.2, 0) is 0 Å². The van der Waals surface area contributed by atoms with Gasteiger partial charge in [0.25, 0.3) is 0 Å². The summed E-state index contributed by atoms with van der Waals surface area (Å²) in [5.41, 5.74) is 2.46. The normalized spacial score (nSPS) is 26.4. The highest BCUT2D eigenvalue weighted by molar-refractivity contribution is 5.60. The Kier molecular flexibility index (Phi) is 3.39. The predicted octanol–water partition coefficient (Wildman–Crippen LogP) is 4.47. The van der Waals surface area contributed by atoms with Gasteiger partial charge in [0.1, 0.15) is 0 Å². The molecule has 1 rings (SSSR count). The molecule has 0 atom stereocenters. The van der Waals surface area contributed by atoms with Gasteiger partial charge in [-0.3, -0.25) is 9.98 Å². The van der Waals surface area contributed by atoms with Crippen LogP contribution in [0, 0.1) is 16.2 Å². The summed E-state index contributed by atoms with van der Waals surface area (Å²) in [5, 5.41) is 0. The summed E-state index contributed by atoms with van der Waals surface area (Å²) in [6.45, 7) is 17.7. The molecule has 1 aliphatic rings. The molecule has 0 aromatic carbocycles. The smallest absolute Gasteiger partial charge is 0.0681 e. The molecule has 2 nitrogen and oxygen atoms in total. The lowest BCUT2D eigenvalue weighted by atomic mass is 9.59. The summed E-state index contributed by atoms with van der Waals surface area (Å²) in [6, 6.07) is 0. The zero-order chi connectivity index (χ0) is 13.5. The first kappa shape index (κ1) is 14.1. The van der Waals surface area contributed by atoms with Gasteiger partial charge in [-0.25, -0.2) is 0 Å². The topological polar surface area (TPSA) is 24.7 Å². The Morgan fingerprint density at radius 3 is 1.24 bits per heavy atom. The molecule has 0 saturated heterocycles. The van der Waals surface area contributed by atoms with E-state index in [2.05, 4.69) is 51.5 Å². The Morgan fingerprint density at radius 1 is 0.706 bits per heavy atom. The minimum absolute atomic E-state index is 0.0326. The number of allylic oxidation sites excluding steroid dienone is 2. The fraction of sp³-hybridized carbons (Fsp3) is 0.733. The minimum Gasteiger partial charge on any atom is -0.263 e. The molecule has 0 aliphatic heterocycles. The molecule has 0 bridgehead atoms. The third-order valence-corrected chi connectivity index (χ3v) is 5.05. The van der Waals surface area contributed by atoms with Crippen molar-refractivity contribution >= 4 is 12.4 Å². The SMILES string of the molecule is CC=NC1=C(N=CC)C(C)(C)C(C)(C)C1(C)C. The zero-order valence-corrected chi connectivity index (χ0v) is 12.5. The van der Waals surface area contributed by atoms with Crippen LogP contribution in [0.3, 0.4) is 0 Å². The Hall–Kier alpha value is -0.920. The molecule has 0 fully saturated rings. The van der Waals surface area contributed by atoms with E-state index in [1.54, 1.807) is 0 Å². The molecular formula is C15H26N2. The number of rotatable bonds is 2. The molecule has 0 amide bonds. The third kappa shape index (κ3) is 1.69. The standard InChI is InChI=1S/C15H26N2/c1-9-16-11-12(17-10-2)14(5,6)15(7,8)13(11,3)4/h9-10H,1-8H3. The first-order valence-electron chi connectivity index (χ1n) is 6.37. The third-order valence-electron chi connectivity index (χ3n) is 5.05. The molecule has 2 heteroatoms. The molecular weight excluding hydrogens is 208 g/mol. The van der Waals surface area contributed by atoms with Gasteiger partial charge in [-0.1, -0.05) is 41.5 Å². The van der Waals surface area contributed by atoms with Gasteiger partial charge in [0.2, 0.25) is 0 Å². The van der Waals surface area contributed by atoms with E-state index in [1.165, 1.54) is 0 Å². The molecule has 0 spiro atoms. The van der Waals surface area contributed by atoms with Gasteiger partial charge in [0, 0.05) is 23.3 Å². The van der Waals surface area contributed by atoms with E-state index in [0.717, 1.165) is 11.4 Å². The fourth-order valence-electron chi connectivity index (χ4n) is 2.67. The molecule has 1 aliphatic carbocycles. The van der Waals surface area contributed by atoms with E-state index in [9.17, 15) is 0 Å². The van der Waals surface area contributed by atoms with Crippen LogP contribution >= 0.6 is 0 Å². The van der Waals surface area contributed by atoms with Gasteiger partial charge < -0.3 is 0 Å². The van der Waals surface area contributed by atoms with E-state index in [-0.39, 0.29) is 16.2 Å². The van der Waals surface area contributed by atoms with Crippen molar-refractivity contribution in [1.29, 1.82) is 0 Å². The maximum Gasteiger partial charge on any atom is 0.0681 e. The highest BCUT2D eigenvalue weighted by Crippen LogP contribution is 2.65. The van der Waals surface area contributed by atoms with Crippen molar-refractivity contribution in [2.45, 2.75) is 55.4 Å². The Morgan fingerprint density at radius 2 is 1.00 bits per heavy atom. The number of nitrogens with zero attached hydrogens (tertiary/aromatic N) is 2. The molecule has 0 heterocycles.